The highest BCUT2D eigenvalue weighted by Gasteiger charge is 2.25. The van der Waals surface area contributed by atoms with E-state index in [0.29, 0.717) is 5.25 Å². The predicted molar refractivity (Wildman–Crippen MR) is 50.6 cm³/mol. The molecule has 1 rings (SSSR count). The number of hydrogen-bond acceptors (Lipinski definition) is 3. The van der Waals surface area contributed by atoms with Crippen molar-refractivity contribution in [3.05, 3.63) is 0 Å². The molecule has 1 fully saturated rings. The van der Waals surface area contributed by atoms with Crippen molar-refractivity contribution in [1.82, 2.24) is 4.90 Å². The lowest BCUT2D eigenvalue weighted by molar-refractivity contribution is -0.142. The Morgan fingerprint density at radius 1 is 1.75 bits per heavy atom. The molecular weight excluding hydrogens is 174 g/mol. The van der Waals surface area contributed by atoms with Crippen LogP contribution in [0.5, 0.6) is 0 Å². The summed E-state index contributed by atoms with van der Waals surface area (Å²) in [5.41, 5.74) is 0. The molecule has 0 bridgehead atoms. The van der Waals surface area contributed by atoms with Gasteiger partial charge in [0.25, 0.3) is 0 Å². The Kier molecular flexibility index (Phi) is 3.40. The summed E-state index contributed by atoms with van der Waals surface area (Å²) in [7, 11) is 0. The van der Waals surface area contributed by atoms with Crippen LogP contribution < -0.4 is 0 Å². The molecule has 1 N–H and O–H groups in total. The van der Waals surface area contributed by atoms with Crippen molar-refractivity contribution in [2.45, 2.75) is 25.1 Å². The topological polar surface area (TPSA) is 40.5 Å². The normalized spacial score (nSPS) is 28.3. The van der Waals surface area contributed by atoms with Gasteiger partial charge in [-0.2, -0.15) is 11.8 Å². The van der Waals surface area contributed by atoms with Crippen LogP contribution in [0.3, 0.4) is 0 Å². The van der Waals surface area contributed by atoms with E-state index in [2.05, 4.69) is 6.92 Å². The Morgan fingerprint density at radius 2 is 2.42 bits per heavy atom. The molecule has 4 heteroatoms. The highest BCUT2D eigenvalue weighted by atomic mass is 32.2. The number of carboxylic acid groups (broad SMARTS) is 1. The van der Waals surface area contributed by atoms with E-state index >= 15 is 0 Å². The molecule has 2 unspecified atom stereocenters. The summed E-state index contributed by atoms with van der Waals surface area (Å²) in [5, 5.41) is 9.34. The molecule has 0 aromatic rings. The molecule has 0 amide bonds. The molecule has 0 saturated carbocycles. The first-order chi connectivity index (χ1) is 5.61. The van der Waals surface area contributed by atoms with Gasteiger partial charge in [-0.05, 0) is 6.92 Å². The van der Waals surface area contributed by atoms with Gasteiger partial charge in [-0.1, -0.05) is 6.92 Å². The number of thioether (sulfide) groups is 1. The summed E-state index contributed by atoms with van der Waals surface area (Å²) in [6.07, 6.45) is 0. The van der Waals surface area contributed by atoms with Crippen molar-refractivity contribution in [2.24, 2.45) is 0 Å². The van der Waals surface area contributed by atoms with Gasteiger partial charge in [0.1, 0.15) is 6.04 Å². The van der Waals surface area contributed by atoms with Gasteiger partial charge in [-0.3, -0.25) is 9.69 Å². The first-order valence-electron chi connectivity index (χ1n) is 4.19. The van der Waals surface area contributed by atoms with Crippen LogP contribution in [0.4, 0.5) is 0 Å². The lowest BCUT2D eigenvalue weighted by Crippen LogP contribution is -2.45. The van der Waals surface area contributed by atoms with Gasteiger partial charge in [0, 0.05) is 24.1 Å². The molecular formula is C8H15NO2S. The van der Waals surface area contributed by atoms with Gasteiger partial charge in [0.05, 0.1) is 0 Å². The maximum absolute atomic E-state index is 10.7. The molecule has 2 atom stereocenters. The van der Waals surface area contributed by atoms with Crippen LogP contribution in [0, 0.1) is 0 Å². The zero-order valence-electron chi connectivity index (χ0n) is 7.49. The number of rotatable bonds is 2. The number of carboxylic acids is 1. The largest absolute Gasteiger partial charge is 0.480 e. The van der Waals surface area contributed by atoms with Gasteiger partial charge in [0.15, 0.2) is 0 Å². The molecule has 1 heterocycles. The Balaban J connectivity index is 2.45. The summed E-state index contributed by atoms with van der Waals surface area (Å²) >= 11 is 1.92. The standard InChI is InChI=1S/C8H15NO2S/c1-6-5-9(3-4-12-6)7(2)8(10)11/h6-7H,3-5H2,1-2H3,(H,10,11). The molecule has 1 saturated heterocycles. The molecule has 1 aliphatic heterocycles. The zero-order valence-corrected chi connectivity index (χ0v) is 8.30. The lowest BCUT2D eigenvalue weighted by Gasteiger charge is -2.33. The van der Waals surface area contributed by atoms with Crippen molar-refractivity contribution in [3.63, 3.8) is 0 Å². The maximum Gasteiger partial charge on any atom is 0.320 e. The minimum absolute atomic E-state index is 0.326. The van der Waals surface area contributed by atoms with E-state index in [-0.39, 0.29) is 6.04 Å². The maximum atomic E-state index is 10.7. The van der Waals surface area contributed by atoms with Gasteiger partial charge < -0.3 is 5.11 Å². The van der Waals surface area contributed by atoms with Crippen LogP contribution in [0.2, 0.25) is 0 Å². The Morgan fingerprint density at radius 3 is 2.92 bits per heavy atom. The summed E-state index contributed by atoms with van der Waals surface area (Å²) < 4.78 is 0. The smallest absolute Gasteiger partial charge is 0.320 e. The van der Waals surface area contributed by atoms with Gasteiger partial charge >= 0.3 is 5.97 Å². The second kappa shape index (κ2) is 4.14. The summed E-state index contributed by atoms with van der Waals surface area (Å²) in [4.78, 5) is 12.7. The van der Waals surface area contributed by atoms with Crippen LogP contribution >= 0.6 is 11.8 Å². The Hall–Kier alpha value is -0.220. The van der Waals surface area contributed by atoms with Crippen molar-refractivity contribution in [1.29, 1.82) is 0 Å². The van der Waals surface area contributed by atoms with Gasteiger partial charge in [0.2, 0.25) is 0 Å². The van der Waals surface area contributed by atoms with E-state index in [4.69, 9.17) is 5.11 Å². The van der Waals surface area contributed by atoms with E-state index in [1.165, 1.54) is 0 Å². The number of carbonyl (C=O) groups is 1. The predicted octanol–water partition coefficient (Wildman–Crippen LogP) is 0.897. The quantitative estimate of drug-likeness (QED) is 0.700. The van der Waals surface area contributed by atoms with E-state index in [1.54, 1.807) is 6.92 Å². The second-order valence-electron chi connectivity index (χ2n) is 3.19. The number of hydrogen-bond donors (Lipinski definition) is 1. The Bertz CT molecular complexity index is 174. The van der Waals surface area contributed by atoms with Gasteiger partial charge in [-0.25, -0.2) is 0 Å². The SMILES string of the molecule is CC1CN(C(C)C(=O)O)CCS1. The molecule has 0 aromatic heterocycles. The lowest BCUT2D eigenvalue weighted by atomic mass is 10.2. The average molecular weight is 189 g/mol. The summed E-state index contributed by atoms with van der Waals surface area (Å²) in [6.45, 7) is 5.71. The van der Waals surface area contributed by atoms with Crippen LogP contribution in [-0.2, 0) is 4.79 Å². The molecule has 1 aliphatic rings. The third kappa shape index (κ3) is 2.38. The third-order valence-corrected chi connectivity index (χ3v) is 3.31. The number of nitrogens with zero attached hydrogens (tertiary/aromatic N) is 1. The molecule has 12 heavy (non-hydrogen) atoms. The first-order valence-corrected chi connectivity index (χ1v) is 5.24. The highest BCUT2D eigenvalue weighted by Crippen LogP contribution is 2.19. The van der Waals surface area contributed by atoms with Crippen LogP contribution in [0.15, 0.2) is 0 Å². The first kappa shape index (κ1) is 9.86. The van der Waals surface area contributed by atoms with Crippen LogP contribution in [-0.4, -0.2) is 46.1 Å². The fourth-order valence-electron chi connectivity index (χ4n) is 1.35. The molecule has 70 valence electrons. The van der Waals surface area contributed by atoms with Crippen LogP contribution in [0.25, 0.3) is 0 Å². The molecule has 0 radical (unpaired) electrons. The van der Waals surface area contributed by atoms with Crippen molar-refractivity contribution >= 4 is 17.7 Å². The Labute approximate surface area is 77.1 Å². The highest BCUT2D eigenvalue weighted by molar-refractivity contribution is 7.99. The van der Waals surface area contributed by atoms with E-state index in [9.17, 15) is 4.79 Å². The molecule has 0 spiro atoms. The summed E-state index contributed by atoms with van der Waals surface area (Å²) in [6, 6.07) is -0.326. The van der Waals surface area contributed by atoms with Gasteiger partial charge in [-0.15, -0.1) is 0 Å². The van der Waals surface area contributed by atoms with Crippen molar-refractivity contribution < 1.29 is 9.90 Å². The fraction of sp³-hybridized carbons (Fsp3) is 0.875. The van der Waals surface area contributed by atoms with Crippen molar-refractivity contribution in [3.8, 4) is 0 Å². The average Bonchev–Trinajstić information content (AvgIpc) is 2.03. The second-order valence-corrected chi connectivity index (χ2v) is 4.74. The van der Waals surface area contributed by atoms with E-state index in [0.717, 1.165) is 18.8 Å². The molecule has 3 nitrogen and oxygen atoms in total. The minimum atomic E-state index is -0.714. The summed E-state index contributed by atoms with van der Waals surface area (Å²) in [5.74, 6) is 0.341. The third-order valence-electron chi connectivity index (χ3n) is 2.18. The van der Waals surface area contributed by atoms with E-state index in [1.807, 2.05) is 16.7 Å². The fourth-order valence-corrected chi connectivity index (χ4v) is 2.39. The van der Waals surface area contributed by atoms with E-state index < -0.39 is 5.97 Å². The van der Waals surface area contributed by atoms with Crippen LogP contribution in [0.1, 0.15) is 13.8 Å². The zero-order chi connectivity index (χ0) is 9.14. The number of aliphatic carboxylic acids is 1. The molecule has 0 aliphatic carbocycles. The minimum Gasteiger partial charge on any atom is -0.480 e. The van der Waals surface area contributed by atoms with Crippen molar-refractivity contribution in [2.75, 3.05) is 18.8 Å². The monoisotopic (exact) mass is 189 g/mol. The molecule has 0 aromatic carbocycles.